The van der Waals surface area contributed by atoms with Crippen molar-refractivity contribution in [3.8, 4) is 0 Å². The number of anilines is 1. The van der Waals surface area contributed by atoms with Gasteiger partial charge in [-0.25, -0.2) is 0 Å². The van der Waals surface area contributed by atoms with Gasteiger partial charge in [-0.05, 0) is 40.2 Å². The molecule has 0 aliphatic rings. The molecule has 0 fully saturated rings. The average Bonchev–Trinajstić information content (AvgIpc) is 3.12. The molecule has 31 heavy (non-hydrogen) atoms. The molecule has 1 atom stereocenters. The van der Waals surface area contributed by atoms with Crippen molar-refractivity contribution in [2.24, 2.45) is 0 Å². The Kier molecular flexibility index (Phi) is 8.67. The number of aryl methyl sites for hydroxylation is 1. The molecular formula is C22H29N3O5S. The molecule has 1 heterocycles. The van der Waals surface area contributed by atoms with Crippen LogP contribution in [0.5, 0.6) is 0 Å². The lowest BCUT2D eigenvalue weighted by atomic mass is 10.0. The fourth-order valence-electron chi connectivity index (χ4n) is 2.65. The van der Waals surface area contributed by atoms with Gasteiger partial charge in [-0.3, -0.25) is 14.4 Å². The van der Waals surface area contributed by atoms with Crippen molar-refractivity contribution in [1.29, 1.82) is 0 Å². The lowest BCUT2D eigenvalue weighted by Gasteiger charge is -2.35. The summed E-state index contributed by atoms with van der Waals surface area (Å²) in [7, 11) is 0. The molecule has 2 aromatic rings. The van der Waals surface area contributed by atoms with E-state index < -0.39 is 16.8 Å². The molecule has 1 aromatic heterocycles. The van der Waals surface area contributed by atoms with Crippen LogP contribution in [0.25, 0.3) is 0 Å². The third kappa shape index (κ3) is 8.09. The summed E-state index contributed by atoms with van der Waals surface area (Å²) < 4.78 is 10.1. The topological polar surface area (TPSA) is 102 Å². The van der Waals surface area contributed by atoms with Gasteiger partial charge in [0.05, 0.1) is 11.0 Å². The molecule has 0 radical (unpaired) electrons. The maximum atomic E-state index is 12.7. The van der Waals surface area contributed by atoms with E-state index in [1.54, 1.807) is 24.8 Å². The molecule has 168 valence electrons. The monoisotopic (exact) mass is 447 g/mol. The molecule has 2 amide bonds. The minimum Gasteiger partial charge on any atom is -0.455 e. The van der Waals surface area contributed by atoms with Gasteiger partial charge in [-0.15, -0.1) is 11.8 Å². The molecular weight excluding hydrogens is 418 g/mol. The average molecular weight is 448 g/mol. The summed E-state index contributed by atoms with van der Waals surface area (Å²) in [5.74, 6) is -0.271. The quantitative estimate of drug-likeness (QED) is 0.588. The van der Waals surface area contributed by atoms with E-state index >= 15 is 0 Å². The maximum absolute atomic E-state index is 12.7. The van der Waals surface area contributed by atoms with E-state index in [1.807, 2.05) is 51.1 Å². The van der Waals surface area contributed by atoms with Crippen LogP contribution in [0.4, 0.5) is 5.82 Å². The van der Waals surface area contributed by atoms with E-state index in [1.165, 1.54) is 0 Å². The zero-order valence-electron chi connectivity index (χ0n) is 18.5. The first-order valence-electron chi connectivity index (χ1n) is 9.92. The number of nitrogens with one attached hydrogen (secondary N) is 1. The van der Waals surface area contributed by atoms with Crippen molar-refractivity contribution >= 4 is 35.4 Å². The Bertz CT molecular complexity index is 892. The number of carbonyl (C=O) groups excluding carboxylic acids is 3. The number of amides is 2. The number of carbonyl (C=O) groups is 3. The SMILES string of the molecule is Cc1cc(NC(=O)[C@@H](C)SCC(=O)OCC(=O)N(Cc2ccccc2)C(C)(C)C)no1. The highest BCUT2D eigenvalue weighted by Crippen LogP contribution is 2.18. The second kappa shape index (κ2) is 11.0. The van der Waals surface area contributed by atoms with Crippen molar-refractivity contribution in [1.82, 2.24) is 10.1 Å². The number of hydrogen-bond acceptors (Lipinski definition) is 7. The Balaban J connectivity index is 1.80. The number of aromatic nitrogens is 1. The van der Waals surface area contributed by atoms with Gasteiger partial charge >= 0.3 is 5.97 Å². The molecule has 1 aromatic carbocycles. The lowest BCUT2D eigenvalue weighted by Crippen LogP contribution is -2.46. The largest absolute Gasteiger partial charge is 0.455 e. The second-order valence-electron chi connectivity index (χ2n) is 8.06. The van der Waals surface area contributed by atoms with Crippen LogP contribution >= 0.6 is 11.8 Å². The van der Waals surface area contributed by atoms with Crippen molar-refractivity contribution in [3.63, 3.8) is 0 Å². The molecule has 0 aliphatic carbocycles. The van der Waals surface area contributed by atoms with Gasteiger partial charge in [0.1, 0.15) is 5.76 Å². The molecule has 1 N–H and O–H groups in total. The van der Waals surface area contributed by atoms with Crippen molar-refractivity contribution < 1.29 is 23.6 Å². The summed E-state index contributed by atoms with van der Waals surface area (Å²) >= 11 is 1.12. The third-order valence-corrected chi connectivity index (χ3v) is 5.47. The standard InChI is InChI=1S/C22H29N3O5S/c1-15-11-18(24-30-15)23-21(28)16(2)31-14-20(27)29-13-19(26)25(22(3,4)5)12-17-9-7-6-8-10-17/h6-11,16H,12-14H2,1-5H3,(H,23,24,28)/t16-/m1/s1. The third-order valence-electron chi connectivity index (χ3n) is 4.35. The van der Waals surface area contributed by atoms with E-state index in [9.17, 15) is 14.4 Å². The fourth-order valence-corrected chi connectivity index (χ4v) is 3.33. The minimum atomic E-state index is -0.552. The summed E-state index contributed by atoms with van der Waals surface area (Å²) in [6.45, 7) is 9.27. The predicted molar refractivity (Wildman–Crippen MR) is 119 cm³/mol. The number of benzene rings is 1. The number of rotatable bonds is 9. The number of esters is 1. The Morgan fingerprint density at radius 2 is 1.90 bits per heavy atom. The number of nitrogens with zero attached hydrogens (tertiary/aromatic N) is 2. The Morgan fingerprint density at radius 3 is 2.48 bits per heavy atom. The summed E-state index contributed by atoms with van der Waals surface area (Å²) in [4.78, 5) is 38.6. The van der Waals surface area contributed by atoms with Gasteiger partial charge in [0.15, 0.2) is 12.4 Å². The number of ether oxygens (including phenoxy) is 1. The highest BCUT2D eigenvalue weighted by atomic mass is 32.2. The molecule has 2 rings (SSSR count). The molecule has 8 nitrogen and oxygen atoms in total. The number of thioether (sulfide) groups is 1. The highest BCUT2D eigenvalue weighted by molar-refractivity contribution is 8.01. The van der Waals surface area contributed by atoms with Crippen LogP contribution < -0.4 is 5.32 Å². The van der Waals surface area contributed by atoms with Crippen LogP contribution in [0, 0.1) is 6.92 Å². The van der Waals surface area contributed by atoms with E-state index in [0.717, 1.165) is 17.3 Å². The van der Waals surface area contributed by atoms with E-state index in [4.69, 9.17) is 9.26 Å². The van der Waals surface area contributed by atoms with Gasteiger partial charge < -0.3 is 19.5 Å². The van der Waals surface area contributed by atoms with Crippen molar-refractivity contribution in [3.05, 3.63) is 47.7 Å². The van der Waals surface area contributed by atoms with Crippen LogP contribution in [-0.4, -0.2) is 51.0 Å². The molecule has 0 spiro atoms. The first-order valence-corrected chi connectivity index (χ1v) is 11.0. The Morgan fingerprint density at radius 1 is 1.23 bits per heavy atom. The molecule has 9 heteroatoms. The van der Waals surface area contributed by atoms with E-state index in [-0.39, 0.29) is 24.2 Å². The molecule has 0 aliphatic heterocycles. The minimum absolute atomic E-state index is 0.0477. The van der Waals surface area contributed by atoms with Crippen molar-refractivity contribution in [2.75, 3.05) is 17.7 Å². The Labute approximate surface area is 186 Å². The van der Waals surface area contributed by atoms with Gasteiger partial charge in [0, 0.05) is 18.2 Å². The first-order chi connectivity index (χ1) is 14.6. The van der Waals surface area contributed by atoms with Crippen LogP contribution in [0.1, 0.15) is 39.0 Å². The Hall–Kier alpha value is -2.81. The zero-order valence-corrected chi connectivity index (χ0v) is 19.3. The van der Waals surface area contributed by atoms with E-state index in [0.29, 0.717) is 18.1 Å². The van der Waals surface area contributed by atoms with Gasteiger partial charge in [-0.2, -0.15) is 0 Å². The van der Waals surface area contributed by atoms with Crippen molar-refractivity contribution in [2.45, 2.75) is 52.0 Å². The van der Waals surface area contributed by atoms with Crippen LogP contribution in [0.2, 0.25) is 0 Å². The molecule has 0 saturated carbocycles. The van der Waals surface area contributed by atoms with Gasteiger partial charge in [0.2, 0.25) is 5.91 Å². The zero-order chi connectivity index (χ0) is 23.0. The smallest absolute Gasteiger partial charge is 0.316 e. The van der Waals surface area contributed by atoms with Crippen LogP contribution in [0.3, 0.4) is 0 Å². The van der Waals surface area contributed by atoms with E-state index in [2.05, 4.69) is 10.5 Å². The number of hydrogen-bond donors (Lipinski definition) is 1. The summed E-state index contributed by atoms with van der Waals surface area (Å²) in [5.41, 5.74) is 0.565. The first kappa shape index (κ1) is 24.5. The second-order valence-corrected chi connectivity index (χ2v) is 9.39. The summed E-state index contributed by atoms with van der Waals surface area (Å²) in [6, 6.07) is 11.2. The highest BCUT2D eigenvalue weighted by Gasteiger charge is 2.27. The fraction of sp³-hybridized carbons (Fsp3) is 0.455. The summed E-state index contributed by atoms with van der Waals surface area (Å²) in [5, 5.41) is 5.80. The normalized spacial score (nSPS) is 12.2. The van der Waals surface area contributed by atoms with Gasteiger partial charge in [-0.1, -0.05) is 35.5 Å². The maximum Gasteiger partial charge on any atom is 0.316 e. The predicted octanol–water partition coefficient (Wildman–Crippen LogP) is 3.41. The van der Waals surface area contributed by atoms with Gasteiger partial charge in [0.25, 0.3) is 5.91 Å². The molecule has 0 unspecified atom stereocenters. The van der Waals surface area contributed by atoms with Crippen LogP contribution in [-0.2, 0) is 25.7 Å². The van der Waals surface area contributed by atoms with Crippen LogP contribution in [0.15, 0.2) is 40.9 Å². The molecule has 0 saturated heterocycles. The molecule has 0 bridgehead atoms. The lowest BCUT2D eigenvalue weighted by molar-refractivity contribution is -0.152. The summed E-state index contributed by atoms with van der Waals surface area (Å²) in [6.07, 6.45) is 0.